The van der Waals surface area contributed by atoms with Gasteiger partial charge in [-0.1, -0.05) is 32.0 Å². The lowest BCUT2D eigenvalue weighted by molar-refractivity contribution is 0.0686. The van der Waals surface area contributed by atoms with E-state index < -0.39 is 0 Å². The first-order chi connectivity index (χ1) is 9.65. The monoisotopic (exact) mass is 277 g/mol. The van der Waals surface area contributed by atoms with Crippen LogP contribution in [0.15, 0.2) is 24.3 Å². The van der Waals surface area contributed by atoms with Gasteiger partial charge in [-0.25, -0.2) is 0 Å². The Labute approximate surface area is 122 Å². The van der Waals surface area contributed by atoms with Crippen LogP contribution in [0.5, 0.6) is 5.75 Å². The summed E-state index contributed by atoms with van der Waals surface area (Å²) in [5, 5.41) is 9.94. The Balaban J connectivity index is 1.95. The van der Waals surface area contributed by atoms with E-state index in [0.717, 1.165) is 31.8 Å². The van der Waals surface area contributed by atoms with E-state index in [4.69, 9.17) is 4.74 Å². The summed E-state index contributed by atoms with van der Waals surface area (Å²) in [5.41, 5.74) is 1.01. The average molecular weight is 277 g/mol. The molecule has 0 amide bonds. The summed E-state index contributed by atoms with van der Waals surface area (Å²) in [6, 6.07) is 7.63. The predicted octanol–water partition coefficient (Wildman–Crippen LogP) is 3.42. The molecule has 3 heteroatoms. The third-order valence-corrected chi connectivity index (χ3v) is 3.89. The highest BCUT2D eigenvalue weighted by Crippen LogP contribution is 2.20. The maximum absolute atomic E-state index is 9.94. The number of phenolic OH excluding ortho intramolecular Hbond substituents is 1. The molecule has 1 unspecified atom stereocenters. The summed E-state index contributed by atoms with van der Waals surface area (Å²) < 4.78 is 5.75. The van der Waals surface area contributed by atoms with E-state index >= 15 is 0 Å². The van der Waals surface area contributed by atoms with Crippen molar-refractivity contribution in [1.82, 2.24) is 4.90 Å². The first kappa shape index (κ1) is 15.3. The van der Waals surface area contributed by atoms with Crippen molar-refractivity contribution < 1.29 is 9.84 Å². The zero-order valence-electron chi connectivity index (χ0n) is 12.7. The van der Waals surface area contributed by atoms with Crippen LogP contribution in [-0.4, -0.2) is 35.8 Å². The Kier molecular flexibility index (Phi) is 5.86. The van der Waals surface area contributed by atoms with Gasteiger partial charge in [0.2, 0.25) is 0 Å². The SMILES string of the molecule is CC(C)CCN(Cc1ccccc1O)CC1CCCO1. The number of nitrogens with zero attached hydrogens (tertiary/aromatic N) is 1. The predicted molar refractivity (Wildman–Crippen MR) is 81.8 cm³/mol. The topological polar surface area (TPSA) is 32.7 Å². The maximum Gasteiger partial charge on any atom is 0.120 e. The molecule has 1 aliphatic rings. The molecule has 20 heavy (non-hydrogen) atoms. The van der Waals surface area contributed by atoms with E-state index in [-0.39, 0.29) is 0 Å². The molecule has 1 aromatic carbocycles. The molecule has 0 aromatic heterocycles. The van der Waals surface area contributed by atoms with Gasteiger partial charge in [-0.05, 0) is 37.8 Å². The number of hydrogen-bond donors (Lipinski definition) is 1. The van der Waals surface area contributed by atoms with Crippen LogP contribution in [0.1, 0.15) is 38.7 Å². The lowest BCUT2D eigenvalue weighted by atomic mass is 10.1. The molecule has 1 saturated heterocycles. The van der Waals surface area contributed by atoms with Gasteiger partial charge in [0, 0.05) is 25.3 Å². The highest BCUT2D eigenvalue weighted by molar-refractivity contribution is 5.31. The smallest absolute Gasteiger partial charge is 0.120 e. The van der Waals surface area contributed by atoms with Crippen LogP contribution >= 0.6 is 0 Å². The summed E-state index contributed by atoms with van der Waals surface area (Å²) in [5.74, 6) is 1.10. The fourth-order valence-electron chi connectivity index (χ4n) is 2.64. The van der Waals surface area contributed by atoms with Crippen molar-refractivity contribution in [3.05, 3.63) is 29.8 Å². The first-order valence-corrected chi connectivity index (χ1v) is 7.76. The van der Waals surface area contributed by atoms with Crippen LogP contribution in [0.25, 0.3) is 0 Å². The minimum absolute atomic E-state index is 0.369. The highest BCUT2D eigenvalue weighted by Gasteiger charge is 2.20. The van der Waals surface area contributed by atoms with Gasteiger partial charge in [0.05, 0.1) is 6.10 Å². The lowest BCUT2D eigenvalue weighted by Crippen LogP contribution is -2.33. The molecule has 1 heterocycles. The van der Waals surface area contributed by atoms with Crippen molar-refractivity contribution in [2.45, 2.75) is 45.8 Å². The number of benzene rings is 1. The van der Waals surface area contributed by atoms with E-state index in [1.165, 1.54) is 19.3 Å². The van der Waals surface area contributed by atoms with Crippen LogP contribution in [0.3, 0.4) is 0 Å². The van der Waals surface area contributed by atoms with Gasteiger partial charge in [0.15, 0.2) is 0 Å². The van der Waals surface area contributed by atoms with E-state index in [1.54, 1.807) is 6.07 Å². The molecule has 0 spiro atoms. The Morgan fingerprint density at radius 2 is 2.15 bits per heavy atom. The molecule has 1 aromatic rings. The minimum atomic E-state index is 0.369. The number of phenols is 1. The zero-order chi connectivity index (χ0) is 14.4. The van der Waals surface area contributed by atoms with E-state index in [1.807, 2.05) is 18.2 Å². The van der Waals surface area contributed by atoms with Gasteiger partial charge in [-0.3, -0.25) is 4.90 Å². The fraction of sp³-hybridized carbons (Fsp3) is 0.647. The molecule has 1 aliphatic heterocycles. The van der Waals surface area contributed by atoms with Gasteiger partial charge in [-0.2, -0.15) is 0 Å². The van der Waals surface area contributed by atoms with Crippen molar-refractivity contribution in [3.63, 3.8) is 0 Å². The number of aromatic hydroxyl groups is 1. The second kappa shape index (κ2) is 7.65. The molecule has 1 N–H and O–H groups in total. The number of para-hydroxylation sites is 1. The van der Waals surface area contributed by atoms with Gasteiger partial charge < -0.3 is 9.84 Å². The second-order valence-electron chi connectivity index (χ2n) is 6.18. The summed E-state index contributed by atoms with van der Waals surface area (Å²) in [6.45, 7) is 8.25. The van der Waals surface area contributed by atoms with Crippen molar-refractivity contribution in [2.24, 2.45) is 5.92 Å². The Morgan fingerprint density at radius 1 is 1.35 bits per heavy atom. The van der Waals surface area contributed by atoms with E-state index in [9.17, 15) is 5.11 Å². The number of rotatable bonds is 7. The van der Waals surface area contributed by atoms with Crippen LogP contribution in [-0.2, 0) is 11.3 Å². The number of ether oxygens (including phenoxy) is 1. The molecule has 0 aliphatic carbocycles. The van der Waals surface area contributed by atoms with Crippen molar-refractivity contribution in [1.29, 1.82) is 0 Å². The summed E-state index contributed by atoms with van der Waals surface area (Å²) in [7, 11) is 0. The van der Waals surface area contributed by atoms with Crippen LogP contribution < -0.4 is 0 Å². The van der Waals surface area contributed by atoms with E-state index in [0.29, 0.717) is 17.8 Å². The highest BCUT2D eigenvalue weighted by atomic mass is 16.5. The molecule has 0 saturated carbocycles. The van der Waals surface area contributed by atoms with Crippen LogP contribution in [0.4, 0.5) is 0 Å². The Morgan fingerprint density at radius 3 is 2.80 bits per heavy atom. The van der Waals surface area contributed by atoms with Gasteiger partial charge in [-0.15, -0.1) is 0 Å². The minimum Gasteiger partial charge on any atom is -0.508 e. The fourth-order valence-corrected chi connectivity index (χ4v) is 2.64. The quantitative estimate of drug-likeness (QED) is 0.829. The van der Waals surface area contributed by atoms with Crippen molar-refractivity contribution in [3.8, 4) is 5.75 Å². The molecule has 112 valence electrons. The summed E-state index contributed by atoms with van der Waals surface area (Å²) in [4.78, 5) is 2.42. The van der Waals surface area contributed by atoms with Crippen molar-refractivity contribution >= 4 is 0 Å². The second-order valence-corrected chi connectivity index (χ2v) is 6.18. The molecule has 2 rings (SSSR count). The number of hydrogen-bond acceptors (Lipinski definition) is 3. The average Bonchev–Trinajstić information content (AvgIpc) is 2.91. The Hall–Kier alpha value is -1.06. The van der Waals surface area contributed by atoms with Crippen molar-refractivity contribution in [2.75, 3.05) is 19.7 Å². The van der Waals surface area contributed by atoms with Gasteiger partial charge in [0.1, 0.15) is 5.75 Å². The van der Waals surface area contributed by atoms with Crippen LogP contribution in [0, 0.1) is 5.92 Å². The first-order valence-electron chi connectivity index (χ1n) is 7.76. The Bertz CT molecular complexity index is 400. The molecule has 1 fully saturated rings. The third-order valence-electron chi connectivity index (χ3n) is 3.89. The van der Waals surface area contributed by atoms with E-state index in [2.05, 4.69) is 18.7 Å². The summed E-state index contributed by atoms with van der Waals surface area (Å²) in [6.07, 6.45) is 3.89. The largest absolute Gasteiger partial charge is 0.508 e. The lowest BCUT2D eigenvalue weighted by Gasteiger charge is -2.26. The standard InChI is InChI=1S/C17H27NO2/c1-14(2)9-10-18(13-16-7-5-11-20-16)12-15-6-3-4-8-17(15)19/h3-4,6,8,14,16,19H,5,7,9-13H2,1-2H3. The molecular weight excluding hydrogens is 250 g/mol. The molecule has 1 atom stereocenters. The molecule has 3 nitrogen and oxygen atoms in total. The van der Waals surface area contributed by atoms with Gasteiger partial charge >= 0.3 is 0 Å². The van der Waals surface area contributed by atoms with Crippen LogP contribution in [0.2, 0.25) is 0 Å². The van der Waals surface area contributed by atoms with Gasteiger partial charge in [0.25, 0.3) is 0 Å². The maximum atomic E-state index is 9.94. The molecule has 0 bridgehead atoms. The molecule has 0 radical (unpaired) electrons. The zero-order valence-corrected chi connectivity index (χ0v) is 12.7. The summed E-state index contributed by atoms with van der Waals surface area (Å²) >= 11 is 0. The molecular formula is C17H27NO2. The third kappa shape index (κ3) is 4.80. The normalized spacial score (nSPS) is 19.1.